The van der Waals surface area contributed by atoms with Gasteiger partial charge in [0, 0.05) is 7.11 Å². The molecule has 0 radical (unpaired) electrons. The number of carbonyl (C=O) groups excluding carboxylic acids is 1. The first-order valence-electron chi connectivity index (χ1n) is 7.21. The van der Waals surface area contributed by atoms with Crippen LogP contribution in [0, 0.1) is 0 Å². The van der Waals surface area contributed by atoms with Crippen LogP contribution >= 0.6 is 0 Å². The van der Waals surface area contributed by atoms with Gasteiger partial charge >= 0.3 is 0 Å². The minimum Gasteiger partial charge on any atom is -0.494 e. The molecule has 0 spiro atoms. The molecule has 0 bridgehead atoms. The maximum Gasteiger partial charge on any atom is 0.237 e. The van der Waals surface area contributed by atoms with E-state index in [-0.39, 0.29) is 5.91 Å². The summed E-state index contributed by atoms with van der Waals surface area (Å²) in [6.45, 7) is 3.02. The normalized spacial score (nSPS) is 13.7. The molecule has 0 fully saturated rings. The average Bonchev–Trinajstić information content (AvgIpc) is 2.47. The molecule has 0 aliphatic rings. The quantitative estimate of drug-likeness (QED) is 0.646. The topological polar surface area (TPSA) is 73.6 Å². The van der Waals surface area contributed by atoms with Gasteiger partial charge in [-0.3, -0.25) is 4.79 Å². The Bertz CT molecular complexity index is 451. The van der Waals surface area contributed by atoms with Crippen LogP contribution in [0.25, 0.3) is 0 Å². The number of hydrogen-bond acceptors (Lipinski definition) is 4. The number of amides is 1. The number of primary amides is 1. The zero-order valence-electron chi connectivity index (χ0n) is 13.1. The second-order valence-electron chi connectivity index (χ2n) is 5.33. The number of likely N-dealkylation sites (N-methyl/N-ethyl adjacent to an activating group) is 1. The molecule has 21 heavy (non-hydrogen) atoms. The second kappa shape index (κ2) is 8.64. The van der Waals surface area contributed by atoms with Crippen LogP contribution in [0.2, 0.25) is 0 Å². The van der Waals surface area contributed by atoms with Crippen molar-refractivity contribution in [2.75, 3.05) is 20.8 Å². The summed E-state index contributed by atoms with van der Waals surface area (Å²) in [5.41, 5.74) is 5.84. The molecule has 0 aliphatic heterocycles. The maximum atomic E-state index is 11.4. The molecule has 1 atom stereocenters. The van der Waals surface area contributed by atoms with Crippen LogP contribution in [0.3, 0.4) is 0 Å². The fourth-order valence-electron chi connectivity index (χ4n) is 2.03. The largest absolute Gasteiger partial charge is 0.494 e. The average molecular weight is 294 g/mol. The monoisotopic (exact) mass is 294 g/mol. The van der Waals surface area contributed by atoms with Crippen molar-refractivity contribution in [3.8, 4) is 5.75 Å². The number of nitrogens with two attached hydrogens (primary N) is 1. The number of ether oxygens (including phenoxy) is 2. The van der Waals surface area contributed by atoms with Gasteiger partial charge in [-0.1, -0.05) is 12.1 Å². The first kappa shape index (κ1) is 17.5. The molecule has 0 aliphatic carbocycles. The van der Waals surface area contributed by atoms with Crippen molar-refractivity contribution in [3.05, 3.63) is 29.8 Å². The minimum atomic E-state index is -0.640. The molecular weight excluding hydrogens is 268 g/mol. The van der Waals surface area contributed by atoms with E-state index in [0.717, 1.165) is 24.2 Å². The number of hydrogen-bond donors (Lipinski definition) is 2. The van der Waals surface area contributed by atoms with E-state index in [9.17, 15) is 4.79 Å². The number of methoxy groups -OCH3 is 1. The number of rotatable bonds is 10. The van der Waals surface area contributed by atoms with E-state index < -0.39 is 5.54 Å². The van der Waals surface area contributed by atoms with Crippen LogP contribution < -0.4 is 15.8 Å². The zero-order chi connectivity index (χ0) is 15.7. The van der Waals surface area contributed by atoms with Crippen molar-refractivity contribution in [2.45, 2.75) is 38.3 Å². The SMILES string of the molecule is CNC(C)(CCCCOc1cccc(COC)c1)C(N)=O. The zero-order valence-corrected chi connectivity index (χ0v) is 13.1. The summed E-state index contributed by atoms with van der Waals surface area (Å²) in [4.78, 5) is 11.4. The molecule has 0 saturated carbocycles. The van der Waals surface area contributed by atoms with Gasteiger partial charge in [-0.25, -0.2) is 0 Å². The fourth-order valence-corrected chi connectivity index (χ4v) is 2.03. The molecule has 0 heterocycles. The summed E-state index contributed by atoms with van der Waals surface area (Å²) < 4.78 is 10.8. The number of unbranched alkanes of at least 4 members (excludes halogenated alkanes) is 1. The molecule has 1 unspecified atom stereocenters. The van der Waals surface area contributed by atoms with Gasteiger partial charge in [0.25, 0.3) is 0 Å². The van der Waals surface area contributed by atoms with Crippen molar-refractivity contribution in [1.29, 1.82) is 0 Å². The highest BCUT2D eigenvalue weighted by Crippen LogP contribution is 2.16. The highest BCUT2D eigenvalue weighted by Gasteiger charge is 2.27. The summed E-state index contributed by atoms with van der Waals surface area (Å²) in [6, 6.07) is 7.86. The van der Waals surface area contributed by atoms with E-state index in [1.807, 2.05) is 31.2 Å². The predicted octanol–water partition coefficient (Wildman–Crippen LogP) is 1.85. The number of nitrogens with one attached hydrogen (secondary N) is 1. The molecule has 3 N–H and O–H groups in total. The van der Waals surface area contributed by atoms with Crippen molar-refractivity contribution in [2.24, 2.45) is 5.73 Å². The van der Waals surface area contributed by atoms with Crippen LogP contribution in [0.5, 0.6) is 5.75 Å². The predicted molar refractivity (Wildman–Crippen MR) is 83.2 cm³/mol. The van der Waals surface area contributed by atoms with Crippen molar-refractivity contribution in [1.82, 2.24) is 5.32 Å². The molecule has 5 nitrogen and oxygen atoms in total. The molecular formula is C16H26N2O3. The van der Waals surface area contributed by atoms with Gasteiger partial charge in [-0.15, -0.1) is 0 Å². The van der Waals surface area contributed by atoms with Crippen molar-refractivity contribution < 1.29 is 14.3 Å². The Balaban J connectivity index is 2.31. The van der Waals surface area contributed by atoms with Crippen LogP contribution in [0.1, 0.15) is 31.7 Å². The summed E-state index contributed by atoms with van der Waals surface area (Å²) in [5.74, 6) is 0.522. The van der Waals surface area contributed by atoms with Crippen LogP contribution in [-0.4, -0.2) is 32.2 Å². The third kappa shape index (κ3) is 5.73. The lowest BCUT2D eigenvalue weighted by Crippen LogP contribution is -2.51. The Morgan fingerprint density at radius 2 is 2.14 bits per heavy atom. The van der Waals surface area contributed by atoms with Crippen LogP contribution in [-0.2, 0) is 16.1 Å². The fraction of sp³-hybridized carbons (Fsp3) is 0.562. The highest BCUT2D eigenvalue weighted by molar-refractivity contribution is 5.84. The lowest BCUT2D eigenvalue weighted by atomic mass is 9.94. The van der Waals surface area contributed by atoms with Crippen molar-refractivity contribution in [3.63, 3.8) is 0 Å². The number of benzene rings is 1. The Morgan fingerprint density at radius 3 is 2.76 bits per heavy atom. The van der Waals surface area contributed by atoms with Gasteiger partial charge in [0.15, 0.2) is 0 Å². The second-order valence-corrected chi connectivity index (χ2v) is 5.33. The summed E-state index contributed by atoms with van der Waals surface area (Å²) in [6.07, 6.45) is 2.45. The number of carbonyl (C=O) groups is 1. The van der Waals surface area contributed by atoms with E-state index >= 15 is 0 Å². The van der Waals surface area contributed by atoms with Crippen molar-refractivity contribution >= 4 is 5.91 Å². The van der Waals surface area contributed by atoms with E-state index in [2.05, 4.69) is 5.32 Å². The molecule has 1 aromatic rings. The molecule has 118 valence electrons. The Kier molecular flexibility index (Phi) is 7.19. The molecule has 0 saturated heterocycles. The molecule has 0 aromatic heterocycles. The maximum absolute atomic E-state index is 11.4. The molecule has 1 rings (SSSR count). The molecule has 1 amide bonds. The van der Waals surface area contributed by atoms with E-state index in [1.165, 1.54) is 0 Å². The van der Waals surface area contributed by atoms with Gasteiger partial charge in [0.05, 0.1) is 18.8 Å². The standard InChI is InChI=1S/C16H26N2O3/c1-16(18-2,15(17)19)9-4-5-10-21-14-8-6-7-13(11-14)12-20-3/h6-8,11,18H,4-5,9-10,12H2,1-3H3,(H2,17,19). The van der Waals surface area contributed by atoms with Crippen LogP contribution in [0.15, 0.2) is 24.3 Å². The lowest BCUT2D eigenvalue weighted by Gasteiger charge is -2.25. The molecule has 5 heteroatoms. The van der Waals surface area contributed by atoms with Gasteiger partial charge in [0.1, 0.15) is 5.75 Å². The summed E-state index contributed by atoms with van der Waals surface area (Å²) in [7, 11) is 3.42. The smallest absolute Gasteiger partial charge is 0.237 e. The lowest BCUT2D eigenvalue weighted by molar-refractivity contribution is -0.123. The molecule has 1 aromatic carbocycles. The van der Waals surface area contributed by atoms with Gasteiger partial charge in [-0.2, -0.15) is 0 Å². The van der Waals surface area contributed by atoms with Gasteiger partial charge < -0.3 is 20.5 Å². The highest BCUT2D eigenvalue weighted by atomic mass is 16.5. The van der Waals surface area contributed by atoms with Gasteiger partial charge in [0.2, 0.25) is 5.91 Å². The Labute approximate surface area is 126 Å². The Hall–Kier alpha value is -1.59. The van der Waals surface area contributed by atoms with Crippen LogP contribution in [0.4, 0.5) is 0 Å². The minimum absolute atomic E-state index is 0.321. The third-order valence-electron chi connectivity index (χ3n) is 3.64. The summed E-state index contributed by atoms with van der Waals surface area (Å²) >= 11 is 0. The Morgan fingerprint density at radius 1 is 1.38 bits per heavy atom. The third-order valence-corrected chi connectivity index (χ3v) is 3.64. The van der Waals surface area contributed by atoms with E-state index in [1.54, 1.807) is 14.2 Å². The van der Waals surface area contributed by atoms with E-state index in [4.69, 9.17) is 15.2 Å². The first-order valence-corrected chi connectivity index (χ1v) is 7.21. The van der Waals surface area contributed by atoms with Gasteiger partial charge in [-0.05, 0) is 50.9 Å². The van der Waals surface area contributed by atoms with E-state index in [0.29, 0.717) is 19.6 Å². The first-order chi connectivity index (χ1) is 10.0. The summed E-state index contributed by atoms with van der Waals surface area (Å²) in [5, 5.41) is 2.98.